The minimum atomic E-state index is 1.02. The van der Waals surface area contributed by atoms with Crippen LogP contribution in [0.3, 0.4) is 0 Å². The van der Waals surface area contributed by atoms with Gasteiger partial charge in [-0.15, -0.1) is 54.6 Å². The van der Waals surface area contributed by atoms with Crippen LogP contribution in [0.1, 0.15) is 0 Å². The zero-order valence-electron chi connectivity index (χ0n) is 55.4. The highest BCUT2D eigenvalue weighted by Crippen LogP contribution is 2.45. The van der Waals surface area contributed by atoms with Crippen LogP contribution in [0, 0.1) is 0 Å². The fraction of sp³-hybridized carbons (Fsp3) is 0. The lowest BCUT2D eigenvalue weighted by Crippen LogP contribution is -2.53. The lowest BCUT2D eigenvalue weighted by molar-refractivity contribution is 0.676. The lowest BCUT2D eigenvalue weighted by atomic mass is 9.55. The number of hydrogen-bond acceptors (Lipinski definition) is 1. The van der Waals surface area contributed by atoms with Crippen LogP contribution in [-0.4, -0.2) is 235 Å². The molecule has 0 saturated carbocycles. The molecule has 0 amide bonds. The molecule has 0 unspecified atom stereocenters. The molecule has 0 N–H and O–H groups in total. The zero-order valence-corrected chi connectivity index (χ0v) is 55.4. The van der Waals surface area contributed by atoms with Crippen LogP contribution in [0.5, 0.6) is 0 Å². The van der Waals surface area contributed by atoms with Crippen molar-refractivity contribution in [1.29, 1.82) is 0 Å². The molecular weight excluding hydrogens is 941 g/mol. The number of rotatable bonds is 3. The Hall–Kier alpha value is -4.75. The summed E-state index contributed by atoms with van der Waals surface area (Å²) in [7, 11) is 71.6. The van der Waals surface area contributed by atoms with E-state index in [0.717, 1.165) is 11.2 Å². The van der Waals surface area contributed by atoms with Crippen molar-refractivity contribution in [2.24, 2.45) is 0 Å². The average molecular weight is 1000 g/mol. The molecule has 11 aromatic rings. The Morgan fingerprint density at radius 3 is 0.654 bits per heavy atom. The molecule has 356 valence electrons. The summed E-state index contributed by atoms with van der Waals surface area (Å²) < 4.78 is 7.61. The number of benzene rings is 10. The first-order valence-electron chi connectivity index (χ1n) is 30.2. The van der Waals surface area contributed by atoms with E-state index in [9.17, 15) is 0 Å². The van der Waals surface area contributed by atoms with Gasteiger partial charge in [-0.3, -0.25) is 0 Å². The first-order chi connectivity index (χ1) is 37.8. The van der Waals surface area contributed by atoms with Crippen molar-refractivity contribution >= 4 is 475 Å². The lowest BCUT2D eigenvalue weighted by Gasteiger charge is -2.33. The molecule has 0 fully saturated rings. The number of hydrogen-bond donors (Lipinski definition) is 0. The van der Waals surface area contributed by atoms with Crippen molar-refractivity contribution in [2.75, 3.05) is 0 Å². The Morgan fingerprint density at radius 2 is 0.296 bits per heavy atom. The van der Waals surface area contributed by atoms with E-state index in [1.54, 1.807) is 0 Å². The fourth-order valence-corrected chi connectivity index (χ4v) is 16.4. The summed E-state index contributed by atoms with van der Waals surface area (Å²) in [6, 6.07) is 0. The number of fused-ring (bicyclic) bond motifs is 9. The van der Waals surface area contributed by atoms with Gasteiger partial charge in [0.05, 0.1) is 0 Å². The Balaban J connectivity index is 1.46. The maximum Gasteiger partial charge on any atom is 0.143 e. The van der Waals surface area contributed by atoms with Gasteiger partial charge in [0.1, 0.15) is 247 Å². The molecule has 31 heteroatoms. The van der Waals surface area contributed by atoms with Gasteiger partial charge in [-0.05, 0) is 81.9 Å². The quantitative estimate of drug-likeness (QED) is 0.127. The molecule has 1 aromatic heterocycles. The summed E-state index contributed by atoms with van der Waals surface area (Å²) in [6.45, 7) is 0. The standard InChI is InChI=1S/C50H60B30O/c51-19-13(29(61)30(62)15-14(19)32(64)43(75)44(76)33(15)65)11-10-9(27(59)41(73)42(74)28(10)60)7(20(52)21(11)53)1-3-5(24(56)39(71)37(69)22(3)54)2(6-4(1)23(55)38(70)40(72)25(6)57)8-12-17-35(67)31(63)16-18(36(68)46(78)45(77)34(16)66)49(17)81-50(12)48(80)47(79)26(8)58/h51-80H2. The SMILES string of the molecule is Bc1c(B)c(-c2c3c(B)c(B)c(B)c(B)c3c(-c3c(B)c(B)c(-c4c(B)c(B)c5c(B)c(B)c(B)c(B)c5c4B)c4c(B)c(B)c(B)c(B)c34)c3c(B)c(B)c(B)c(B)c23)c2c(oc3c4c(B)c(B)c(B)c(B)c4c(B)c(B)c32)c1B. The van der Waals surface area contributed by atoms with Crippen molar-refractivity contribution in [3.05, 3.63) is 0 Å². The van der Waals surface area contributed by atoms with Gasteiger partial charge in [0.25, 0.3) is 0 Å². The largest absolute Gasteiger partial charge is 0.456 e. The molecule has 1 heterocycles. The molecule has 1 nitrogen and oxygen atoms in total. The van der Waals surface area contributed by atoms with Crippen LogP contribution in [0.15, 0.2) is 4.42 Å². The van der Waals surface area contributed by atoms with Crippen LogP contribution < -0.4 is 164 Å². The molecule has 0 radical (unpaired) electrons. The second-order valence-electron chi connectivity index (χ2n) is 26.3. The van der Waals surface area contributed by atoms with Crippen molar-refractivity contribution < 1.29 is 4.42 Å². The summed E-state index contributed by atoms with van der Waals surface area (Å²) in [5.74, 6) is 0. The first-order valence-corrected chi connectivity index (χ1v) is 30.2. The summed E-state index contributed by atoms with van der Waals surface area (Å²) in [5.41, 5.74) is 51.3. The summed E-state index contributed by atoms with van der Waals surface area (Å²) in [6.07, 6.45) is 0. The Labute approximate surface area is 509 Å². The number of furan rings is 1. The molecule has 0 aliphatic carbocycles. The monoisotopic (exact) mass is 1010 g/mol. The molecule has 0 spiro atoms. The van der Waals surface area contributed by atoms with Crippen molar-refractivity contribution in [1.82, 2.24) is 0 Å². The van der Waals surface area contributed by atoms with Crippen LogP contribution in [0.25, 0.3) is 109 Å². The molecule has 0 bridgehead atoms. The molecule has 10 aromatic carbocycles. The van der Waals surface area contributed by atoms with Gasteiger partial charge in [-0.1, -0.05) is 109 Å². The van der Waals surface area contributed by atoms with E-state index in [4.69, 9.17) is 4.42 Å². The van der Waals surface area contributed by atoms with E-state index in [1.807, 2.05) is 0 Å². The highest BCUT2D eigenvalue weighted by Gasteiger charge is 2.33. The van der Waals surface area contributed by atoms with E-state index < -0.39 is 0 Å². The second kappa shape index (κ2) is 19.4. The molecule has 0 saturated heterocycles. The Morgan fingerprint density at radius 1 is 0.111 bits per heavy atom. The van der Waals surface area contributed by atoms with Gasteiger partial charge in [-0.2, -0.15) is 0 Å². The fourth-order valence-electron chi connectivity index (χ4n) is 16.4. The van der Waals surface area contributed by atoms with Gasteiger partial charge >= 0.3 is 0 Å². The van der Waals surface area contributed by atoms with E-state index in [-0.39, 0.29) is 0 Å². The maximum atomic E-state index is 7.61. The summed E-state index contributed by atoms with van der Waals surface area (Å²) in [5, 5.41) is 16.3. The van der Waals surface area contributed by atoms with E-state index in [0.29, 0.717) is 0 Å². The third kappa shape index (κ3) is 7.30. The van der Waals surface area contributed by atoms with Gasteiger partial charge in [-0.25, -0.2) is 0 Å². The second-order valence-corrected chi connectivity index (χ2v) is 26.3. The summed E-state index contributed by atoms with van der Waals surface area (Å²) in [4.78, 5) is 0. The molecule has 0 aliphatic rings. The molecule has 0 aliphatic heterocycles. The molecule has 81 heavy (non-hydrogen) atoms. The van der Waals surface area contributed by atoms with E-state index >= 15 is 0 Å². The minimum Gasteiger partial charge on any atom is -0.456 e. The maximum absolute atomic E-state index is 7.61. The topological polar surface area (TPSA) is 13.1 Å². The predicted molar refractivity (Wildman–Crippen MR) is 463 cm³/mol. The average Bonchev–Trinajstić information content (AvgIpc) is 3.87. The third-order valence-corrected chi connectivity index (χ3v) is 23.6. The van der Waals surface area contributed by atoms with Gasteiger partial charge < -0.3 is 4.42 Å². The van der Waals surface area contributed by atoms with E-state index in [1.165, 1.54) is 262 Å². The van der Waals surface area contributed by atoms with Gasteiger partial charge in [0, 0.05) is 16.2 Å². The van der Waals surface area contributed by atoms with Gasteiger partial charge in [0.15, 0.2) is 0 Å². The Bertz CT molecular complexity index is 4850. The van der Waals surface area contributed by atoms with Crippen LogP contribution >= 0.6 is 0 Å². The molecule has 11 rings (SSSR count). The normalized spacial score (nSPS) is 12.0. The molecular formula is C50H60B30O. The molecule has 0 atom stereocenters. The van der Waals surface area contributed by atoms with Gasteiger partial charge in [0.2, 0.25) is 0 Å². The van der Waals surface area contributed by atoms with Crippen molar-refractivity contribution in [3.8, 4) is 33.4 Å². The predicted octanol–water partition coefficient (Wildman–Crippen LogP) is -37.9. The van der Waals surface area contributed by atoms with Crippen molar-refractivity contribution in [2.45, 2.75) is 0 Å². The zero-order chi connectivity index (χ0) is 59.6. The van der Waals surface area contributed by atoms with Crippen LogP contribution in [0.2, 0.25) is 0 Å². The van der Waals surface area contributed by atoms with Crippen LogP contribution in [0.4, 0.5) is 0 Å². The first kappa shape index (κ1) is 58.0. The smallest absolute Gasteiger partial charge is 0.143 e. The highest BCUT2D eigenvalue weighted by atomic mass is 16.3. The third-order valence-electron chi connectivity index (χ3n) is 23.6. The minimum absolute atomic E-state index is 1.02. The van der Waals surface area contributed by atoms with E-state index in [2.05, 4.69) is 235 Å². The highest BCUT2D eigenvalue weighted by molar-refractivity contribution is 6.78. The Kier molecular flexibility index (Phi) is 13.9. The van der Waals surface area contributed by atoms with Crippen LogP contribution in [-0.2, 0) is 0 Å². The van der Waals surface area contributed by atoms with Crippen molar-refractivity contribution in [3.63, 3.8) is 0 Å². The summed E-state index contributed by atoms with van der Waals surface area (Å²) >= 11 is 0.